The maximum atomic E-state index is 13.5. The molecule has 1 unspecified atom stereocenters. The summed E-state index contributed by atoms with van der Waals surface area (Å²) in [4.78, 5) is 22.2. The Morgan fingerprint density at radius 2 is 1.76 bits per heavy atom. The summed E-state index contributed by atoms with van der Waals surface area (Å²) in [7, 11) is 1.64. The van der Waals surface area contributed by atoms with Gasteiger partial charge in [-0.1, -0.05) is 41.9 Å². The van der Waals surface area contributed by atoms with Crippen LogP contribution in [-0.2, 0) is 13.5 Å². The van der Waals surface area contributed by atoms with Crippen LogP contribution in [0.1, 0.15) is 5.56 Å². The first kappa shape index (κ1) is 22.6. The average molecular weight is 464 g/mol. The molecule has 3 N–H and O–H groups in total. The minimum Gasteiger partial charge on any atom is -0.354 e. The minimum absolute atomic E-state index is 0.247. The molecule has 168 valence electrons. The van der Waals surface area contributed by atoms with Crippen molar-refractivity contribution in [2.24, 2.45) is 12.8 Å². The summed E-state index contributed by atoms with van der Waals surface area (Å²) in [5, 5.41) is 3.87. The molecule has 0 aliphatic rings. The van der Waals surface area contributed by atoms with Gasteiger partial charge in [-0.05, 0) is 47.9 Å². The van der Waals surface area contributed by atoms with E-state index in [2.05, 4.69) is 10.3 Å². The molecule has 33 heavy (non-hydrogen) atoms. The van der Waals surface area contributed by atoms with E-state index >= 15 is 0 Å². The quantitative estimate of drug-likeness (QED) is 0.427. The highest BCUT2D eigenvalue weighted by Gasteiger charge is 2.19. The van der Waals surface area contributed by atoms with Gasteiger partial charge in [-0.3, -0.25) is 14.3 Å². The Bertz CT molecular complexity index is 1310. The molecule has 4 aromatic rings. The van der Waals surface area contributed by atoms with Crippen LogP contribution in [-0.4, -0.2) is 27.1 Å². The van der Waals surface area contributed by atoms with Gasteiger partial charge in [0.05, 0.1) is 11.3 Å². The number of anilines is 1. The zero-order valence-corrected chi connectivity index (χ0v) is 18.8. The standard InChI is InChI=1S/C25H23ClFN5O/c1-32-24(33)22(16-6-8-19(27)9-7-16)23(17-10-12-29-13-11-17)31-25(32)30-15-20(28)14-18-4-2-3-5-21(18)26/h2-13,20H,14-15,28H2,1H3,(H,30,31). The van der Waals surface area contributed by atoms with Crippen molar-refractivity contribution in [1.82, 2.24) is 14.5 Å². The van der Waals surface area contributed by atoms with E-state index in [9.17, 15) is 9.18 Å². The maximum absolute atomic E-state index is 13.5. The average Bonchev–Trinajstić information content (AvgIpc) is 2.83. The van der Waals surface area contributed by atoms with Gasteiger partial charge >= 0.3 is 0 Å². The summed E-state index contributed by atoms with van der Waals surface area (Å²) in [6, 6.07) is 16.7. The summed E-state index contributed by atoms with van der Waals surface area (Å²) in [6.07, 6.45) is 3.84. The highest BCUT2D eigenvalue weighted by Crippen LogP contribution is 2.28. The fourth-order valence-electron chi connectivity index (χ4n) is 3.60. The van der Waals surface area contributed by atoms with Crippen LogP contribution in [0.25, 0.3) is 22.4 Å². The van der Waals surface area contributed by atoms with Gasteiger partial charge in [-0.15, -0.1) is 0 Å². The third kappa shape index (κ3) is 5.10. The highest BCUT2D eigenvalue weighted by atomic mass is 35.5. The lowest BCUT2D eigenvalue weighted by atomic mass is 10.0. The molecule has 0 aliphatic carbocycles. The van der Waals surface area contributed by atoms with Gasteiger partial charge in [0.25, 0.3) is 5.56 Å². The van der Waals surface area contributed by atoms with Crippen LogP contribution in [0, 0.1) is 5.82 Å². The molecule has 0 spiro atoms. The number of hydrogen-bond acceptors (Lipinski definition) is 5. The number of pyridine rings is 1. The summed E-state index contributed by atoms with van der Waals surface area (Å²) >= 11 is 6.24. The van der Waals surface area contributed by atoms with Crippen LogP contribution in [0.15, 0.2) is 77.9 Å². The fourth-order valence-corrected chi connectivity index (χ4v) is 3.81. The van der Waals surface area contributed by atoms with Crippen molar-refractivity contribution >= 4 is 17.5 Å². The minimum atomic E-state index is -0.375. The predicted molar refractivity (Wildman–Crippen MR) is 130 cm³/mol. The summed E-state index contributed by atoms with van der Waals surface area (Å²) in [6.45, 7) is 0.386. The molecule has 6 nitrogen and oxygen atoms in total. The largest absolute Gasteiger partial charge is 0.354 e. The molecule has 0 bridgehead atoms. The van der Waals surface area contributed by atoms with Gasteiger partial charge in [0.2, 0.25) is 5.95 Å². The Kier molecular flexibility index (Phi) is 6.82. The van der Waals surface area contributed by atoms with Crippen LogP contribution in [0.3, 0.4) is 0 Å². The molecule has 0 fully saturated rings. The third-order valence-corrected chi connectivity index (χ3v) is 5.71. The van der Waals surface area contributed by atoms with E-state index in [0.717, 1.165) is 11.1 Å². The lowest BCUT2D eigenvalue weighted by molar-refractivity contribution is 0.628. The molecule has 0 saturated carbocycles. The molecule has 2 heterocycles. The molecule has 0 saturated heterocycles. The predicted octanol–water partition coefficient (Wildman–Crippen LogP) is 4.28. The zero-order valence-electron chi connectivity index (χ0n) is 18.0. The van der Waals surface area contributed by atoms with Gasteiger partial charge in [0, 0.05) is 42.6 Å². The van der Waals surface area contributed by atoms with Crippen LogP contribution in [0.4, 0.5) is 10.3 Å². The normalized spacial score (nSPS) is 11.9. The number of aromatic nitrogens is 3. The van der Waals surface area contributed by atoms with Crippen LogP contribution < -0.4 is 16.6 Å². The van der Waals surface area contributed by atoms with E-state index in [-0.39, 0.29) is 17.4 Å². The van der Waals surface area contributed by atoms with Gasteiger partial charge in [-0.2, -0.15) is 0 Å². The van der Waals surface area contributed by atoms with Crippen molar-refractivity contribution in [3.63, 3.8) is 0 Å². The van der Waals surface area contributed by atoms with Gasteiger partial charge in [0.15, 0.2) is 0 Å². The molecule has 0 aliphatic heterocycles. The van der Waals surface area contributed by atoms with Crippen molar-refractivity contribution in [2.75, 3.05) is 11.9 Å². The Labute approximate surface area is 195 Å². The van der Waals surface area contributed by atoms with Crippen molar-refractivity contribution in [3.8, 4) is 22.4 Å². The molecule has 1 atom stereocenters. The second kappa shape index (κ2) is 9.94. The van der Waals surface area contributed by atoms with Gasteiger partial charge in [0.1, 0.15) is 5.82 Å². The molecule has 2 aromatic carbocycles. The number of nitrogens with two attached hydrogens (primary N) is 1. The smallest absolute Gasteiger partial charge is 0.263 e. The number of halogens is 2. The number of hydrogen-bond donors (Lipinski definition) is 2. The lowest BCUT2D eigenvalue weighted by Crippen LogP contribution is -2.34. The number of benzene rings is 2. The first-order valence-electron chi connectivity index (χ1n) is 10.4. The van der Waals surface area contributed by atoms with E-state index in [1.807, 2.05) is 24.3 Å². The van der Waals surface area contributed by atoms with Gasteiger partial charge in [-0.25, -0.2) is 9.37 Å². The zero-order chi connectivity index (χ0) is 23.4. The highest BCUT2D eigenvalue weighted by molar-refractivity contribution is 6.31. The van der Waals surface area contributed by atoms with Crippen LogP contribution in [0.2, 0.25) is 5.02 Å². The molecule has 0 amide bonds. The van der Waals surface area contributed by atoms with Crippen molar-refractivity contribution in [2.45, 2.75) is 12.5 Å². The van der Waals surface area contributed by atoms with E-state index < -0.39 is 0 Å². The Hall–Kier alpha value is -3.55. The molecule has 2 aromatic heterocycles. The van der Waals surface area contributed by atoms with Crippen molar-refractivity contribution in [1.29, 1.82) is 0 Å². The SMILES string of the molecule is Cn1c(NCC(N)Cc2ccccc2Cl)nc(-c2ccncc2)c(-c2ccc(F)cc2)c1=O. The Morgan fingerprint density at radius 1 is 1.06 bits per heavy atom. The molecule has 4 rings (SSSR count). The van der Waals surface area contributed by atoms with E-state index in [1.54, 1.807) is 43.7 Å². The molecular weight excluding hydrogens is 441 g/mol. The summed E-state index contributed by atoms with van der Waals surface area (Å²) in [5.74, 6) is 0.00655. The van der Waals surface area contributed by atoms with Crippen molar-refractivity contribution in [3.05, 3.63) is 99.8 Å². The number of nitrogens with zero attached hydrogens (tertiary/aromatic N) is 3. The second-order valence-corrected chi connectivity index (χ2v) is 8.11. The second-order valence-electron chi connectivity index (χ2n) is 7.70. The van der Waals surface area contributed by atoms with Gasteiger partial charge < -0.3 is 11.1 Å². The van der Waals surface area contributed by atoms with E-state index in [0.29, 0.717) is 40.8 Å². The lowest BCUT2D eigenvalue weighted by Gasteiger charge is -2.18. The van der Waals surface area contributed by atoms with Crippen LogP contribution in [0.5, 0.6) is 0 Å². The number of rotatable bonds is 7. The third-order valence-electron chi connectivity index (χ3n) is 5.34. The number of nitrogens with one attached hydrogen (secondary N) is 1. The maximum Gasteiger partial charge on any atom is 0.263 e. The molecule has 0 radical (unpaired) electrons. The molecule has 8 heteroatoms. The summed E-state index contributed by atoms with van der Waals surface area (Å²) in [5.41, 5.74) is 9.19. The Morgan fingerprint density at radius 3 is 2.45 bits per heavy atom. The first-order valence-corrected chi connectivity index (χ1v) is 10.8. The fraction of sp³-hybridized carbons (Fsp3) is 0.160. The van der Waals surface area contributed by atoms with Crippen LogP contribution >= 0.6 is 11.6 Å². The van der Waals surface area contributed by atoms with Crippen molar-refractivity contribution < 1.29 is 4.39 Å². The van der Waals surface area contributed by atoms with E-state index in [4.69, 9.17) is 22.3 Å². The Balaban J connectivity index is 1.68. The van der Waals surface area contributed by atoms with E-state index in [1.165, 1.54) is 16.7 Å². The first-order chi connectivity index (χ1) is 15.9. The monoisotopic (exact) mass is 463 g/mol. The summed E-state index contributed by atoms with van der Waals surface area (Å²) < 4.78 is 14.9. The molecular formula is C25H23ClFN5O. The topological polar surface area (TPSA) is 85.8 Å².